The molecule has 0 radical (unpaired) electrons. The van der Waals surface area contributed by atoms with E-state index in [1.807, 2.05) is 41.5 Å². The molecule has 0 unspecified atom stereocenters. The number of halogens is 2. The highest BCUT2D eigenvalue weighted by atomic mass is 35.5. The zero-order chi connectivity index (χ0) is 46.9. The molecule has 0 aliphatic heterocycles. The maximum atomic E-state index is 13.0. The number of hydrogen-bond donors (Lipinski definition) is 7. The molecule has 0 spiro atoms. The number of oxime groups is 1. The zero-order valence-corrected chi connectivity index (χ0v) is 38.0. The Morgan fingerprint density at radius 3 is 1.33 bits per heavy atom. The lowest BCUT2D eigenvalue weighted by molar-refractivity contribution is 0.103. The first-order valence-electron chi connectivity index (χ1n) is 18.5. The molecule has 6 rings (SSSR count). The topological polar surface area (TPSA) is 292 Å². The van der Waals surface area contributed by atoms with E-state index in [-0.39, 0.29) is 83.8 Å². The minimum absolute atomic E-state index is 0. The van der Waals surface area contributed by atoms with Gasteiger partial charge >= 0.3 is 0 Å². The minimum atomic E-state index is -3.97. The highest BCUT2D eigenvalue weighted by Gasteiger charge is 2.24. The number of sulfonamides is 2. The Labute approximate surface area is 382 Å². The van der Waals surface area contributed by atoms with Crippen LogP contribution in [0.25, 0.3) is 0 Å². The van der Waals surface area contributed by atoms with E-state index in [2.05, 4.69) is 40.4 Å². The summed E-state index contributed by atoms with van der Waals surface area (Å²) in [5.74, 6) is 3.53. The lowest BCUT2D eigenvalue weighted by Crippen LogP contribution is -2.18. The first-order chi connectivity index (χ1) is 29.5. The lowest BCUT2D eigenvalue weighted by atomic mass is 9.87. The molecule has 2 aromatic carbocycles. The van der Waals surface area contributed by atoms with Crippen molar-refractivity contribution in [2.75, 3.05) is 20.9 Å². The van der Waals surface area contributed by atoms with Gasteiger partial charge in [-0.15, -0.1) is 0 Å². The van der Waals surface area contributed by atoms with Gasteiger partial charge in [-0.2, -0.15) is 0 Å². The number of rotatable bonds is 10. The van der Waals surface area contributed by atoms with Crippen molar-refractivity contribution < 1.29 is 32.0 Å². The molecule has 4 aromatic heterocycles. The fourth-order valence-electron chi connectivity index (χ4n) is 5.54. The van der Waals surface area contributed by atoms with Crippen molar-refractivity contribution >= 4 is 77.8 Å². The third-order valence-corrected chi connectivity index (χ3v) is 12.1. The molecule has 0 aliphatic rings. The molecule has 10 N–H and O–H groups in total. The van der Waals surface area contributed by atoms with Gasteiger partial charge in [0.25, 0.3) is 20.0 Å². The van der Waals surface area contributed by atoms with Crippen LogP contribution < -0.4 is 26.8 Å². The Hall–Kier alpha value is -6.22. The van der Waals surface area contributed by atoms with Crippen LogP contribution in [0.3, 0.4) is 0 Å². The summed E-state index contributed by atoms with van der Waals surface area (Å²) in [5, 5.41) is 19.8. The number of carbonyl (C=O) groups is 1. The zero-order valence-electron chi connectivity index (χ0n) is 34.9. The van der Waals surface area contributed by atoms with E-state index in [0.29, 0.717) is 5.56 Å². The molecule has 0 saturated carbocycles. The van der Waals surface area contributed by atoms with E-state index in [0.717, 1.165) is 11.1 Å². The van der Waals surface area contributed by atoms with E-state index < -0.39 is 25.8 Å². The van der Waals surface area contributed by atoms with Crippen molar-refractivity contribution in [1.29, 1.82) is 0 Å². The summed E-state index contributed by atoms with van der Waals surface area (Å²) in [6.45, 7) is 12.2. The average molecular weight is 954 g/mol. The Morgan fingerprint density at radius 1 is 0.594 bits per heavy atom. The molecule has 340 valence electrons. The molecule has 0 aliphatic carbocycles. The second kappa shape index (κ2) is 21.4. The van der Waals surface area contributed by atoms with Gasteiger partial charge in [0.1, 0.15) is 28.7 Å². The monoisotopic (exact) mass is 952 g/mol. The summed E-state index contributed by atoms with van der Waals surface area (Å²) in [6, 6.07) is 22.0. The Kier molecular flexibility index (Phi) is 17.5. The number of nitrogens with one attached hydrogen (secondary N) is 2. The minimum Gasteiger partial charge on any atom is -0.410 e. The smallest absolute Gasteiger partial charge is 0.261 e. The number of aromatic nitrogens is 4. The molecule has 0 atom stereocenters. The standard InChI is InChI=1S/C21H22ClN5O3S.C21H21ClN4O3S.CH4.H3NO/c1-21(2,3)14-5-7-16(8-6-14)31(29,30)27-17-10-15(22)12-25-20(17)19(26-28)13-4-9-18(23)24-11-13;1-21(2,3)14-5-7-16(8-6-14)30(28,29)26-17-10-15(22)12-25-19(17)20(27)13-4-9-18(23)24-11-13;;1-2/h4-12,27-28H,1-3H3,(H2,23,24);4-12,26H,1-3H3,(H2,23,24);1H4;2H,1H2. The molecule has 0 bridgehead atoms. The third kappa shape index (κ3) is 13.4. The molecule has 21 heteroatoms. The molecule has 0 fully saturated rings. The summed E-state index contributed by atoms with van der Waals surface area (Å²) in [4.78, 5) is 29.0. The van der Waals surface area contributed by atoms with Crippen molar-refractivity contribution in [1.82, 2.24) is 19.9 Å². The number of nitrogens with two attached hydrogens (primary N) is 3. The van der Waals surface area contributed by atoms with Crippen LogP contribution in [0, 0.1) is 0 Å². The third-order valence-electron chi connectivity index (χ3n) is 8.91. The van der Waals surface area contributed by atoms with Gasteiger partial charge in [-0.1, -0.05) is 102 Å². The first kappa shape index (κ1) is 52.1. The fourth-order valence-corrected chi connectivity index (χ4v) is 7.97. The van der Waals surface area contributed by atoms with Crippen LogP contribution in [0.2, 0.25) is 10.0 Å². The van der Waals surface area contributed by atoms with E-state index in [1.165, 1.54) is 79.4 Å². The fraction of sp³-hybridized carbons (Fsp3) is 0.209. The molecule has 64 heavy (non-hydrogen) atoms. The lowest BCUT2D eigenvalue weighted by Gasteiger charge is -2.19. The molecule has 6 aromatic rings. The number of benzene rings is 2. The van der Waals surface area contributed by atoms with Gasteiger partial charge in [-0.3, -0.25) is 19.2 Å². The predicted octanol–water partition coefficient (Wildman–Crippen LogP) is 8.05. The van der Waals surface area contributed by atoms with Gasteiger partial charge in [0.05, 0.1) is 31.2 Å². The van der Waals surface area contributed by atoms with E-state index in [1.54, 1.807) is 30.3 Å². The van der Waals surface area contributed by atoms with Crippen molar-refractivity contribution in [3.8, 4) is 0 Å². The van der Waals surface area contributed by atoms with Gasteiger partial charge in [0, 0.05) is 35.9 Å². The first-order valence-corrected chi connectivity index (χ1v) is 22.2. The van der Waals surface area contributed by atoms with E-state index >= 15 is 0 Å². The van der Waals surface area contributed by atoms with Crippen molar-refractivity contribution in [2.45, 2.75) is 69.6 Å². The Morgan fingerprint density at radius 2 is 0.969 bits per heavy atom. The van der Waals surface area contributed by atoms with Crippen LogP contribution >= 0.6 is 23.2 Å². The number of nitrogens with zero attached hydrogens (tertiary/aromatic N) is 5. The molecule has 0 amide bonds. The van der Waals surface area contributed by atoms with Gasteiger partial charge in [-0.05, 0) is 82.6 Å². The number of carbonyl (C=O) groups excluding carboxylic acids is 1. The van der Waals surface area contributed by atoms with Crippen LogP contribution in [-0.2, 0) is 30.9 Å². The summed E-state index contributed by atoms with van der Waals surface area (Å²) in [6.07, 6.45) is 5.29. The van der Waals surface area contributed by atoms with Gasteiger partial charge in [0.15, 0.2) is 0 Å². The number of nitrogen functional groups attached to an aromatic ring is 2. The average Bonchev–Trinajstić information content (AvgIpc) is 3.23. The van der Waals surface area contributed by atoms with Gasteiger partial charge in [0.2, 0.25) is 5.78 Å². The van der Waals surface area contributed by atoms with Gasteiger partial charge < -0.3 is 21.9 Å². The second-order valence-electron chi connectivity index (χ2n) is 15.6. The summed E-state index contributed by atoms with van der Waals surface area (Å²) >= 11 is 12.0. The maximum Gasteiger partial charge on any atom is 0.261 e. The number of pyridine rings is 4. The molecular formula is C43H50Cl2N10O7S2. The van der Waals surface area contributed by atoms with Crippen LogP contribution in [0.1, 0.15) is 87.4 Å². The normalized spacial score (nSPS) is 11.8. The SMILES string of the molecule is C.CC(C)(C)c1ccc(S(=O)(=O)Nc2cc(Cl)cnc2C(=NO)c2ccc(N)nc2)cc1.CC(C)(C)c1ccc(S(=O)(=O)Nc2cc(Cl)cnc2C(=O)c2ccc(N)nc2)cc1.NO. The van der Waals surface area contributed by atoms with Crippen molar-refractivity contribution in [3.63, 3.8) is 0 Å². The van der Waals surface area contributed by atoms with Crippen LogP contribution in [0.5, 0.6) is 0 Å². The van der Waals surface area contributed by atoms with E-state index in [4.69, 9.17) is 39.9 Å². The van der Waals surface area contributed by atoms with Crippen molar-refractivity contribution in [2.24, 2.45) is 11.1 Å². The molecule has 0 saturated heterocycles. The highest BCUT2D eigenvalue weighted by molar-refractivity contribution is 7.93. The Balaban J connectivity index is 0.000000323. The quantitative estimate of drug-likeness (QED) is 0.0296. The van der Waals surface area contributed by atoms with E-state index in [9.17, 15) is 26.8 Å². The largest absolute Gasteiger partial charge is 0.410 e. The van der Waals surface area contributed by atoms with Crippen molar-refractivity contribution in [3.05, 3.63) is 153 Å². The molecule has 17 nitrogen and oxygen atoms in total. The number of anilines is 4. The summed E-state index contributed by atoms with van der Waals surface area (Å²) < 4.78 is 56.7. The summed E-state index contributed by atoms with van der Waals surface area (Å²) in [7, 11) is -7.94. The van der Waals surface area contributed by atoms with Crippen LogP contribution in [-0.4, -0.2) is 58.7 Å². The predicted molar refractivity (Wildman–Crippen MR) is 251 cm³/mol. The molecule has 4 heterocycles. The number of hydrogen-bond acceptors (Lipinski definition) is 15. The highest BCUT2D eigenvalue weighted by Crippen LogP contribution is 2.29. The van der Waals surface area contributed by atoms with Gasteiger partial charge in [-0.25, -0.2) is 37.7 Å². The number of ketones is 1. The van der Waals surface area contributed by atoms with Crippen LogP contribution in [0.4, 0.5) is 23.0 Å². The Bertz CT molecular complexity index is 2800. The second-order valence-corrected chi connectivity index (χ2v) is 19.8. The summed E-state index contributed by atoms with van der Waals surface area (Å²) in [5.41, 5.74) is 13.6. The maximum absolute atomic E-state index is 13.0. The van der Waals surface area contributed by atoms with Crippen LogP contribution in [0.15, 0.2) is 125 Å². The molecular weight excluding hydrogens is 904 g/mol.